The monoisotopic (exact) mass is 423 g/mol. The normalized spacial score (nSPS) is 11.0. The predicted molar refractivity (Wildman–Crippen MR) is 126 cm³/mol. The molecule has 0 bridgehead atoms. The zero-order valence-electron chi connectivity index (χ0n) is 18.9. The maximum atomic E-state index is 12.9. The summed E-state index contributed by atoms with van der Waals surface area (Å²) in [7, 11) is 0. The van der Waals surface area contributed by atoms with Crippen LogP contribution in [0.5, 0.6) is 0 Å². The Labute approximate surface area is 187 Å². The van der Waals surface area contributed by atoms with Crippen LogP contribution in [0.3, 0.4) is 0 Å². The second-order valence-electron chi connectivity index (χ2n) is 8.44. The van der Waals surface area contributed by atoms with E-state index in [4.69, 9.17) is 4.98 Å². The van der Waals surface area contributed by atoms with E-state index in [2.05, 4.69) is 49.4 Å². The minimum atomic E-state index is -0.303. The Kier molecular flexibility index (Phi) is 5.50. The van der Waals surface area contributed by atoms with Crippen molar-refractivity contribution in [3.8, 4) is 11.9 Å². The van der Waals surface area contributed by atoms with Gasteiger partial charge in [-0.25, -0.2) is 4.98 Å². The van der Waals surface area contributed by atoms with Gasteiger partial charge in [0, 0.05) is 10.9 Å². The van der Waals surface area contributed by atoms with Crippen molar-refractivity contribution in [2.75, 3.05) is 5.32 Å². The van der Waals surface area contributed by atoms with Gasteiger partial charge in [0.2, 0.25) is 0 Å². The number of carbonyl (C=O) groups is 1. The van der Waals surface area contributed by atoms with E-state index in [-0.39, 0.29) is 11.5 Å². The van der Waals surface area contributed by atoms with Crippen LogP contribution in [0.2, 0.25) is 0 Å². The number of amides is 1. The number of rotatable bonds is 4. The Morgan fingerprint density at radius 1 is 1.06 bits per heavy atom. The lowest BCUT2D eigenvalue weighted by Gasteiger charge is -2.13. The summed E-state index contributed by atoms with van der Waals surface area (Å²) in [4.78, 5) is 17.7. The van der Waals surface area contributed by atoms with Gasteiger partial charge in [-0.2, -0.15) is 15.0 Å². The van der Waals surface area contributed by atoms with E-state index in [9.17, 15) is 10.1 Å². The molecule has 0 spiro atoms. The number of nitrogens with one attached hydrogen (secondary N) is 1. The quantitative estimate of drug-likeness (QED) is 0.463. The molecule has 0 saturated heterocycles. The number of aryl methyl sites for hydroxylation is 3. The van der Waals surface area contributed by atoms with Crippen molar-refractivity contribution in [2.45, 2.75) is 40.5 Å². The van der Waals surface area contributed by atoms with Crippen LogP contribution < -0.4 is 5.32 Å². The van der Waals surface area contributed by atoms with Crippen LogP contribution in [0.1, 0.15) is 57.9 Å². The highest BCUT2D eigenvalue weighted by Gasteiger charge is 2.18. The van der Waals surface area contributed by atoms with Crippen molar-refractivity contribution in [1.82, 2.24) is 14.8 Å². The van der Waals surface area contributed by atoms with E-state index in [0.29, 0.717) is 23.1 Å². The molecule has 32 heavy (non-hydrogen) atoms. The molecule has 1 amide bonds. The fraction of sp³-hybridized carbons (Fsp3) is 0.231. The van der Waals surface area contributed by atoms with E-state index < -0.39 is 0 Å². The summed E-state index contributed by atoms with van der Waals surface area (Å²) in [6, 6.07) is 15.7. The van der Waals surface area contributed by atoms with Crippen LogP contribution in [-0.2, 0) is 0 Å². The highest BCUT2D eigenvalue weighted by Crippen LogP contribution is 2.27. The van der Waals surface area contributed by atoms with E-state index in [1.807, 2.05) is 32.0 Å². The van der Waals surface area contributed by atoms with E-state index >= 15 is 0 Å². The predicted octanol–water partition coefficient (Wildman–Crippen LogP) is 5.59. The number of pyridine rings is 1. The van der Waals surface area contributed by atoms with Crippen molar-refractivity contribution in [3.63, 3.8) is 0 Å². The zero-order valence-corrected chi connectivity index (χ0v) is 18.9. The topological polar surface area (TPSA) is 83.6 Å². The number of carbonyl (C=O) groups excluding carboxylic acids is 1. The van der Waals surface area contributed by atoms with Gasteiger partial charge >= 0.3 is 0 Å². The molecule has 0 aliphatic heterocycles. The van der Waals surface area contributed by atoms with Gasteiger partial charge in [-0.3, -0.25) is 4.79 Å². The minimum absolute atomic E-state index is 0.275. The van der Waals surface area contributed by atoms with Gasteiger partial charge < -0.3 is 5.32 Å². The lowest BCUT2D eigenvalue weighted by atomic mass is 10.0. The Balaban J connectivity index is 1.76. The van der Waals surface area contributed by atoms with Crippen LogP contribution in [0.15, 0.2) is 48.7 Å². The molecule has 160 valence electrons. The Hall–Kier alpha value is -3.98. The molecule has 0 atom stereocenters. The van der Waals surface area contributed by atoms with Crippen molar-refractivity contribution in [1.29, 1.82) is 5.26 Å². The third-order valence-electron chi connectivity index (χ3n) is 5.62. The summed E-state index contributed by atoms with van der Waals surface area (Å²) in [6.07, 6.45) is 1.45. The van der Waals surface area contributed by atoms with Gasteiger partial charge in [-0.1, -0.05) is 37.6 Å². The van der Waals surface area contributed by atoms with Gasteiger partial charge in [-0.05, 0) is 67.6 Å². The average molecular weight is 424 g/mol. The van der Waals surface area contributed by atoms with Gasteiger partial charge in [0.05, 0.1) is 11.7 Å². The largest absolute Gasteiger partial charge is 0.305 e. The Morgan fingerprint density at radius 3 is 2.44 bits per heavy atom. The van der Waals surface area contributed by atoms with Gasteiger partial charge in [0.25, 0.3) is 5.91 Å². The summed E-state index contributed by atoms with van der Waals surface area (Å²) in [5, 5.41) is 17.9. The molecule has 6 nitrogen and oxygen atoms in total. The number of benzene rings is 2. The van der Waals surface area contributed by atoms with Gasteiger partial charge in [-0.15, -0.1) is 0 Å². The summed E-state index contributed by atoms with van der Waals surface area (Å²) >= 11 is 0. The number of hydrogen-bond acceptors (Lipinski definition) is 4. The molecule has 2 aromatic heterocycles. The lowest BCUT2D eigenvalue weighted by Crippen LogP contribution is -2.16. The molecule has 0 saturated carbocycles. The number of nitrogens with zero attached hydrogens (tertiary/aromatic N) is 4. The first-order valence-electron chi connectivity index (χ1n) is 10.6. The molecule has 0 radical (unpaired) electrons. The van der Waals surface area contributed by atoms with E-state index in [1.165, 1.54) is 16.4 Å². The first-order valence-corrected chi connectivity index (χ1v) is 10.6. The fourth-order valence-corrected chi connectivity index (χ4v) is 3.86. The van der Waals surface area contributed by atoms with Crippen LogP contribution in [-0.4, -0.2) is 20.7 Å². The molecule has 0 unspecified atom stereocenters. The molecule has 1 N–H and O–H groups in total. The third kappa shape index (κ3) is 3.85. The van der Waals surface area contributed by atoms with Crippen LogP contribution in [0.4, 0.5) is 5.82 Å². The van der Waals surface area contributed by atoms with Crippen molar-refractivity contribution >= 4 is 22.6 Å². The molecule has 0 fully saturated rings. The molecule has 2 heterocycles. The van der Waals surface area contributed by atoms with Crippen molar-refractivity contribution in [3.05, 3.63) is 82.0 Å². The maximum Gasteiger partial charge on any atom is 0.256 e. The average Bonchev–Trinajstić information content (AvgIpc) is 3.16. The molecular weight excluding hydrogens is 398 g/mol. The van der Waals surface area contributed by atoms with E-state index in [1.54, 1.807) is 12.1 Å². The summed E-state index contributed by atoms with van der Waals surface area (Å²) in [5.41, 5.74) is 6.11. The minimum Gasteiger partial charge on any atom is -0.305 e. The number of fused-ring (bicyclic) bond motifs is 1. The smallest absolute Gasteiger partial charge is 0.256 e. The fourth-order valence-electron chi connectivity index (χ4n) is 3.86. The molecule has 6 heteroatoms. The highest BCUT2D eigenvalue weighted by atomic mass is 16.1. The Morgan fingerprint density at radius 2 is 1.78 bits per heavy atom. The second kappa shape index (κ2) is 8.27. The third-order valence-corrected chi connectivity index (χ3v) is 5.62. The molecule has 4 rings (SSSR count). The second-order valence-corrected chi connectivity index (χ2v) is 8.44. The van der Waals surface area contributed by atoms with Crippen molar-refractivity contribution in [2.24, 2.45) is 0 Å². The molecule has 4 aromatic rings. The zero-order chi connectivity index (χ0) is 23.0. The maximum absolute atomic E-state index is 12.9. The molecule has 0 aliphatic rings. The molecule has 2 aromatic carbocycles. The number of nitriles is 1. The highest BCUT2D eigenvalue weighted by molar-refractivity contribution is 6.04. The summed E-state index contributed by atoms with van der Waals surface area (Å²) in [5.74, 6) is 0.937. The summed E-state index contributed by atoms with van der Waals surface area (Å²) < 4.78 is 1.52. The van der Waals surface area contributed by atoms with Crippen molar-refractivity contribution < 1.29 is 4.79 Å². The number of anilines is 1. The number of aromatic nitrogens is 3. The standard InChI is InChI=1S/C26H25N5O/c1-15(2)19-6-8-20(9-7-19)26(32)30-25-21(13-27)14-28-31(25)23-12-17(4)22-11-16(3)10-18(5)24(22)29-23/h6-12,14-15H,1-5H3,(H,30,32). The van der Waals surface area contributed by atoms with Crippen LogP contribution in [0, 0.1) is 32.1 Å². The first kappa shape index (κ1) is 21.3. The molecule has 0 aliphatic carbocycles. The first-order chi connectivity index (χ1) is 15.3. The molecular formula is C26H25N5O. The SMILES string of the molecule is Cc1cc(C)c2nc(-n3ncc(C#N)c3NC(=O)c3ccc(C(C)C)cc3)cc(C)c2c1. The Bertz CT molecular complexity index is 1370. The van der Waals surface area contributed by atoms with E-state index in [0.717, 1.165) is 27.6 Å². The van der Waals surface area contributed by atoms with Gasteiger partial charge in [0.15, 0.2) is 11.6 Å². The number of hydrogen-bond donors (Lipinski definition) is 1. The summed E-state index contributed by atoms with van der Waals surface area (Å²) in [6.45, 7) is 10.3. The lowest BCUT2D eigenvalue weighted by molar-refractivity contribution is 0.102. The van der Waals surface area contributed by atoms with Crippen LogP contribution in [0.25, 0.3) is 16.7 Å². The van der Waals surface area contributed by atoms with Gasteiger partial charge in [0.1, 0.15) is 11.6 Å². The van der Waals surface area contributed by atoms with Crippen LogP contribution >= 0.6 is 0 Å².